The molecule has 1 N–H and O–H groups in total. The number of benzene rings is 3. The fourth-order valence-electron chi connectivity index (χ4n) is 2.40. The van der Waals surface area contributed by atoms with Crippen molar-refractivity contribution in [2.45, 2.75) is 13.2 Å². The second-order valence-corrected chi connectivity index (χ2v) is 5.72. The maximum Gasteiger partial charge on any atom is 0.269 e. The van der Waals surface area contributed by atoms with Gasteiger partial charge in [0.15, 0.2) is 0 Å². The molecule has 0 unspecified atom stereocenters. The minimum Gasteiger partial charge on any atom is -1.00 e. The Hall–Kier alpha value is -3.12. The van der Waals surface area contributed by atoms with E-state index in [4.69, 9.17) is 4.74 Å². The summed E-state index contributed by atoms with van der Waals surface area (Å²) in [4.78, 5) is 10.2. The molecule has 0 bridgehead atoms. The van der Waals surface area contributed by atoms with Gasteiger partial charge in [0.2, 0.25) is 0 Å². The van der Waals surface area contributed by atoms with E-state index in [9.17, 15) is 14.5 Å². The number of anilines is 1. The van der Waals surface area contributed by atoms with Crippen molar-refractivity contribution in [3.05, 3.63) is 99.9 Å². The minimum absolute atomic E-state index is 0. The SMILES string of the molecule is O=[N+]([O-])c1ccc(COc2cccc(CNc3ccc(F)cc3)c2)cc1.[Cl-]. The smallest absolute Gasteiger partial charge is 0.269 e. The molecule has 0 saturated carbocycles. The van der Waals surface area contributed by atoms with Gasteiger partial charge in [-0.1, -0.05) is 12.1 Å². The van der Waals surface area contributed by atoms with Gasteiger partial charge in [-0.05, 0) is 59.7 Å². The number of nitro benzene ring substituents is 1. The zero-order valence-corrected chi connectivity index (χ0v) is 15.0. The van der Waals surface area contributed by atoms with Gasteiger partial charge in [0, 0.05) is 24.4 Å². The number of ether oxygens (including phenoxy) is 1. The summed E-state index contributed by atoms with van der Waals surface area (Å²) in [7, 11) is 0. The Morgan fingerprint density at radius 3 is 2.33 bits per heavy atom. The number of nitro groups is 1. The van der Waals surface area contributed by atoms with Crippen molar-refractivity contribution in [2.24, 2.45) is 0 Å². The second-order valence-electron chi connectivity index (χ2n) is 5.72. The van der Waals surface area contributed by atoms with Crippen LogP contribution in [0.1, 0.15) is 11.1 Å². The Balaban J connectivity index is 0.00000261. The van der Waals surface area contributed by atoms with E-state index in [1.165, 1.54) is 24.3 Å². The Bertz CT molecular complexity index is 886. The van der Waals surface area contributed by atoms with Gasteiger partial charge in [0.1, 0.15) is 18.2 Å². The predicted molar refractivity (Wildman–Crippen MR) is 97.6 cm³/mol. The normalized spacial score (nSPS) is 9.96. The maximum atomic E-state index is 12.9. The highest BCUT2D eigenvalue weighted by molar-refractivity contribution is 5.44. The van der Waals surface area contributed by atoms with Gasteiger partial charge in [-0.2, -0.15) is 0 Å². The predicted octanol–water partition coefficient (Wildman–Crippen LogP) is 1.93. The second kappa shape index (κ2) is 9.54. The molecular weight excluding hydrogens is 371 g/mol. The molecule has 27 heavy (non-hydrogen) atoms. The zero-order chi connectivity index (χ0) is 18.4. The molecule has 0 fully saturated rings. The third kappa shape index (κ3) is 5.97. The highest BCUT2D eigenvalue weighted by Crippen LogP contribution is 2.18. The number of rotatable bonds is 7. The Kier molecular flexibility index (Phi) is 7.14. The van der Waals surface area contributed by atoms with Crippen molar-refractivity contribution in [1.29, 1.82) is 0 Å². The van der Waals surface area contributed by atoms with E-state index in [-0.39, 0.29) is 23.9 Å². The molecule has 0 amide bonds. The van der Waals surface area contributed by atoms with Crippen molar-refractivity contribution in [1.82, 2.24) is 0 Å². The van der Waals surface area contributed by atoms with Gasteiger partial charge in [-0.3, -0.25) is 10.1 Å². The van der Waals surface area contributed by atoms with E-state index in [1.807, 2.05) is 24.3 Å². The van der Waals surface area contributed by atoms with Crippen LogP contribution in [-0.4, -0.2) is 4.92 Å². The van der Waals surface area contributed by atoms with E-state index in [0.29, 0.717) is 18.9 Å². The number of non-ortho nitro benzene ring substituents is 1. The first-order valence-corrected chi connectivity index (χ1v) is 8.05. The number of nitrogens with zero attached hydrogens (tertiary/aromatic N) is 1. The summed E-state index contributed by atoms with van der Waals surface area (Å²) >= 11 is 0. The lowest BCUT2D eigenvalue weighted by Crippen LogP contribution is -3.00. The summed E-state index contributed by atoms with van der Waals surface area (Å²) in [5.74, 6) is 0.443. The summed E-state index contributed by atoms with van der Waals surface area (Å²) in [6.45, 7) is 0.910. The molecule has 3 aromatic rings. The average Bonchev–Trinajstić information content (AvgIpc) is 2.66. The molecule has 0 radical (unpaired) electrons. The first-order chi connectivity index (χ1) is 12.6. The molecular formula is C20H17ClFN2O3-. The fourth-order valence-corrected chi connectivity index (χ4v) is 2.40. The highest BCUT2D eigenvalue weighted by Gasteiger charge is 2.04. The lowest BCUT2D eigenvalue weighted by atomic mass is 10.2. The van der Waals surface area contributed by atoms with Gasteiger partial charge in [-0.15, -0.1) is 0 Å². The van der Waals surface area contributed by atoms with E-state index in [1.54, 1.807) is 24.3 Å². The van der Waals surface area contributed by atoms with Crippen LogP contribution in [0.25, 0.3) is 0 Å². The summed E-state index contributed by atoms with van der Waals surface area (Å²) < 4.78 is 18.7. The van der Waals surface area contributed by atoms with Crippen LogP contribution in [-0.2, 0) is 13.2 Å². The summed E-state index contributed by atoms with van der Waals surface area (Å²) in [6.07, 6.45) is 0. The van der Waals surface area contributed by atoms with E-state index < -0.39 is 4.92 Å². The molecule has 0 heterocycles. The number of hydrogen-bond donors (Lipinski definition) is 1. The largest absolute Gasteiger partial charge is 1.00 e. The van der Waals surface area contributed by atoms with Gasteiger partial charge in [0.25, 0.3) is 5.69 Å². The molecule has 7 heteroatoms. The van der Waals surface area contributed by atoms with E-state index >= 15 is 0 Å². The fraction of sp³-hybridized carbons (Fsp3) is 0.100. The molecule has 0 aliphatic heterocycles. The van der Waals surface area contributed by atoms with Crippen LogP contribution in [0.5, 0.6) is 5.75 Å². The highest BCUT2D eigenvalue weighted by atomic mass is 35.5. The maximum absolute atomic E-state index is 12.9. The Labute approximate surface area is 162 Å². The molecule has 0 atom stereocenters. The van der Waals surface area contributed by atoms with Crippen LogP contribution in [0.2, 0.25) is 0 Å². The van der Waals surface area contributed by atoms with Crippen LogP contribution >= 0.6 is 0 Å². The van der Waals surface area contributed by atoms with Crippen LogP contribution in [0.3, 0.4) is 0 Å². The first-order valence-electron chi connectivity index (χ1n) is 8.05. The number of halogens is 2. The van der Waals surface area contributed by atoms with E-state index in [2.05, 4.69) is 5.32 Å². The zero-order valence-electron chi connectivity index (χ0n) is 14.3. The minimum atomic E-state index is -0.428. The molecule has 3 rings (SSSR count). The number of nitrogens with one attached hydrogen (secondary N) is 1. The molecule has 0 saturated heterocycles. The van der Waals surface area contributed by atoms with Crippen molar-refractivity contribution >= 4 is 11.4 Å². The Morgan fingerprint density at radius 2 is 1.67 bits per heavy atom. The molecule has 0 spiro atoms. The third-order valence-electron chi connectivity index (χ3n) is 3.79. The van der Waals surface area contributed by atoms with Crippen LogP contribution in [0.4, 0.5) is 15.8 Å². The summed E-state index contributed by atoms with van der Waals surface area (Å²) in [5, 5.41) is 13.9. The number of hydrogen-bond acceptors (Lipinski definition) is 4. The van der Waals surface area contributed by atoms with Crippen molar-refractivity contribution in [3.8, 4) is 5.75 Å². The Morgan fingerprint density at radius 1 is 0.963 bits per heavy atom. The van der Waals surface area contributed by atoms with Gasteiger partial charge >= 0.3 is 0 Å². The van der Waals surface area contributed by atoms with Crippen LogP contribution in [0, 0.1) is 15.9 Å². The van der Waals surface area contributed by atoms with Gasteiger partial charge < -0.3 is 22.5 Å². The van der Waals surface area contributed by atoms with Gasteiger partial charge in [0.05, 0.1) is 4.92 Å². The van der Waals surface area contributed by atoms with Crippen molar-refractivity contribution in [2.75, 3.05) is 5.32 Å². The van der Waals surface area contributed by atoms with Crippen molar-refractivity contribution < 1.29 is 26.5 Å². The molecule has 0 aliphatic carbocycles. The first kappa shape index (κ1) is 20.2. The quantitative estimate of drug-likeness (QED) is 0.497. The molecule has 5 nitrogen and oxygen atoms in total. The van der Waals surface area contributed by atoms with Gasteiger partial charge in [-0.25, -0.2) is 4.39 Å². The molecule has 3 aromatic carbocycles. The monoisotopic (exact) mass is 387 g/mol. The standard InChI is InChI=1S/C20H17FN2O3.ClH/c21-17-6-8-18(9-7-17)22-13-16-2-1-3-20(12-16)26-14-15-4-10-19(11-5-15)23(24)25;/h1-12,22H,13-14H2;1H/p-1. The summed E-state index contributed by atoms with van der Waals surface area (Å²) in [6, 6.07) is 20.1. The lowest BCUT2D eigenvalue weighted by molar-refractivity contribution is -0.384. The summed E-state index contributed by atoms with van der Waals surface area (Å²) in [5.41, 5.74) is 2.77. The molecule has 0 aliphatic rings. The van der Waals surface area contributed by atoms with Crippen LogP contribution < -0.4 is 22.5 Å². The topological polar surface area (TPSA) is 64.4 Å². The average molecular weight is 388 g/mol. The van der Waals surface area contributed by atoms with E-state index in [0.717, 1.165) is 16.8 Å². The van der Waals surface area contributed by atoms with Crippen molar-refractivity contribution in [3.63, 3.8) is 0 Å². The third-order valence-corrected chi connectivity index (χ3v) is 3.79. The lowest BCUT2D eigenvalue weighted by Gasteiger charge is -2.10. The molecule has 0 aromatic heterocycles. The van der Waals surface area contributed by atoms with Crippen LogP contribution in [0.15, 0.2) is 72.8 Å². The molecule has 140 valence electrons.